The van der Waals surface area contributed by atoms with Crippen molar-refractivity contribution in [1.29, 1.82) is 0 Å². The van der Waals surface area contributed by atoms with E-state index in [0.29, 0.717) is 6.61 Å². The molecule has 0 unspecified atom stereocenters. The molecule has 0 heterocycles. The second-order valence-electron chi connectivity index (χ2n) is 2.33. The second-order valence-corrected chi connectivity index (χ2v) is 4.84. The molecule has 0 fully saturated rings. The number of halogens is 3. The molecule has 0 aliphatic carbocycles. The third-order valence-corrected chi connectivity index (χ3v) is 1.73. The zero-order valence-corrected chi connectivity index (χ0v) is 9.45. The Bertz CT molecular complexity index is 156. The molecule has 0 radical (unpaired) electrons. The van der Waals surface area contributed by atoms with Crippen molar-refractivity contribution >= 4 is 40.8 Å². The first kappa shape index (κ1) is 13.3. The van der Waals surface area contributed by atoms with Gasteiger partial charge in [-0.3, -0.25) is 4.79 Å². The third kappa shape index (κ3) is 10.2. The lowest BCUT2D eigenvalue weighted by Crippen LogP contribution is -2.12. The molecule has 0 saturated carbocycles. The van der Waals surface area contributed by atoms with E-state index in [1.165, 1.54) is 7.11 Å². The van der Waals surface area contributed by atoms with Crippen molar-refractivity contribution in [2.75, 3.05) is 20.3 Å². The molecule has 0 aromatic carbocycles. The molecule has 0 N–H and O–H groups in total. The number of hydrogen-bond acceptors (Lipinski definition) is 3. The molecule has 0 bridgehead atoms. The number of carbonyl (C=O) groups is 1. The molecule has 0 rings (SSSR count). The lowest BCUT2D eigenvalue weighted by atomic mass is 10.3. The molecule has 0 amide bonds. The van der Waals surface area contributed by atoms with E-state index in [-0.39, 0.29) is 25.4 Å². The monoisotopic (exact) mass is 248 g/mol. The minimum Gasteiger partial charge on any atom is -0.463 e. The van der Waals surface area contributed by atoms with Crippen LogP contribution in [-0.4, -0.2) is 30.1 Å². The van der Waals surface area contributed by atoms with E-state index in [9.17, 15) is 4.79 Å². The van der Waals surface area contributed by atoms with E-state index in [4.69, 9.17) is 39.5 Å². The number of rotatable bonds is 5. The van der Waals surface area contributed by atoms with Gasteiger partial charge < -0.3 is 9.47 Å². The second kappa shape index (κ2) is 6.71. The first-order valence-electron chi connectivity index (χ1n) is 3.67. The van der Waals surface area contributed by atoms with Crippen LogP contribution in [0.25, 0.3) is 0 Å². The number of alkyl halides is 3. The highest BCUT2D eigenvalue weighted by Gasteiger charge is 2.21. The molecule has 0 aromatic heterocycles. The maximum absolute atomic E-state index is 10.9. The lowest BCUT2D eigenvalue weighted by molar-refractivity contribution is -0.144. The summed E-state index contributed by atoms with van der Waals surface area (Å²) >= 11 is 16.3. The van der Waals surface area contributed by atoms with Crippen molar-refractivity contribution in [3.63, 3.8) is 0 Å². The number of ether oxygens (including phenoxy) is 2. The van der Waals surface area contributed by atoms with Crippen molar-refractivity contribution in [3.8, 4) is 0 Å². The van der Waals surface area contributed by atoms with Gasteiger partial charge in [0.15, 0.2) is 3.79 Å². The molecule has 0 aliphatic rings. The van der Waals surface area contributed by atoms with Crippen LogP contribution in [0.5, 0.6) is 0 Å². The van der Waals surface area contributed by atoms with Crippen LogP contribution in [0.2, 0.25) is 0 Å². The van der Waals surface area contributed by atoms with E-state index in [0.717, 1.165) is 0 Å². The average Bonchev–Trinajstić information content (AvgIpc) is 2.00. The fourth-order valence-corrected chi connectivity index (χ4v) is 0.838. The summed E-state index contributed by atoms with van der Waals surface area (Å²) in [4.78, 5) is 10.9. The maximum atomic E-state index is 10.9. The van der Waals surface area contributed by atoms with E-state index in [1.807, 2.05) is 0 Å². The third-order valence-electron chi connectivity index (χ3n) is 1.16. The van der Waals surface area contributed by atoms with E-state index in [1.54, 1.807) is 0 Å². The molecular formula is C7H11Cl3O3. The predicted molar refractivity (Wildman–Crippen MR) is 52.4 cm³/mol. The van der Waals surface area contributed by atoms with E-state index < -0.39 is 3.79 Å². The molecule has 78 valence electrons. The van der Waals surface area contributed by atoms with Crippen LogP contribution in [0.3, 0.4) is 0 Å². The van der Waals surface area contributed by atoms with Crippen LogP contribution >= 0.6 is 34.8 Å². The highest BCUT2D eigenvalue weighted by atomic mass is 35.6. The summed E-state index contributed by atoms with van der Waals surface area (Å²) in [7, 11) is 1.52. The van der Waals surface area contributed by atoms with Crippen molar-refractivity contribution < 1.29 is 14.3 Å². The van der Waals surface area contributed by atoms with Crippen LogP contribution in [0, 0.1) is 0 Å². The Morgan fingerprint density at radius 1 is 1.31 bits per heavy atom. The highest BCUT2D eigenvalue weighted by Crippen LogP contribution is 2.31. The Kier molecular flexibility index (Phi) is 6.86. The number of carbonyl (C=O) groups excluding carboxylic acids is 1. The van der Waals surface area contributed by atoms with Gasteiger partial charge in [0.2, 0.25) is 0 Å². The van der Waals surface area contributed by atoms with Crippen LogP contribution in [0.15, 0.2) is 0 Å². The first-order valence-corrected chi connectivity index (χ1v) is 4.80. The predicted octanol–water partition coefficient (Wildman–Crippen LogP) is 2.33. The fourth-order valence-electron chi connectivity index (χ4n) is 0.555. The zero-order chi connectivity index (χ0) is 10.3. The lowest BCUT2D eigenvalue weighted by Gasteiger charge is -2.09. The highest BCUT2D eigenvalue weighted by molar-refractivity contribution is 6.67. The van der Waals surface area contributed by atoms with Crippen LogP contribution in [0.1, 0.15) is 12.8 Å². The molecule has 13 heavy (non-hydrogen) atoms. The summed E-state index contributed by atoms with van der Waals surface area (Å²) in [5.74, 6) is -0.386. The quantitative estimate of drug-likeness (QED) is 0.426. The Hall–Kier alpha value is 0.300. The van der Waals surface area contributed by atoms with E-state index in [2.05, 4.69) is 4.74 Å². The molecule has 3 nitrogen and oxygen atoms in total. The normalized spacial score (nSPS) is 11.4. The Morgan fingerprint density at radius 2 is 1.92 bits per heavy atom. The van der Waals surface area contributed by atoms with Gasteiger partial charge in [-0.25, -0.2) is 0 Å². The van der Waals surface area contributed by atoms with Gasteiger partial charge in [-0.15, -0.1) is 0 Å². The maximum Gasteiger partial charge on any atom is 0.306 e. The summed E-state index contributed by atoms with van der Waals surface area (Å²) in [6, 6.07) is 0. The van der Waals surface area contributed by atoms with Crippen molar-refractivity contribution in [2.24, 2.45) is 0 Å². The minimum atomic E-state index is -1.39. The van der Waals surface area contributed by atoms with Gasteiger partial charge in [-0.1, -0.05) is 34.8 Å². The Labute approximate surface area is 92.2 Å². The van der Waals surface area contributed by atoms with Gasteiger partial charge >= 0.3 is 5.97 Å². The van der Waals surface area contributed by atoms with Crippen LogP contribution < -0.4 is 0 Å². The average molecular weight is 250 g/mol. The first-order chi connectivity index (χ1) is 5.95. The zero-order valence-electron chi connectivity index (χ0n) is 7.19. The summed E-state index contributed by atoms with van der Waals surface area (Å²) < 4.78 is 8.03. The minimum absolute atomic E-state index is 0.0974. The van der Waals surface area contributed by atoms with Crippen LogP contribution in [0.4, 0.5) is 0 Å². The smallest absolute Gasteiger partial charge is 0.306 e. The van der Waals surface area contributed by atoms with E-state index >= 15 is 0 Å². The van der Waals surface area contributed by atoms with Crippen LogP contribution in [-0.2, 0) is 14.3 Å². The van der Waals surface area contributed by atoms with Crippen molar-refractivity contribution in [3.05, 3.63) is 0 Å². The Morgan fingerprint density at radius 3 is 2.38 bits per heavy atom. The standard InChI is InChI=1S/C7H11Cl3O3/c1-12-4-5-13-6(11)2-3-7(8,9)10/h2-5H2,1H3. The SMILES string of the molecule is COCCOC(=O)CCC(Cl)(Cl)Cl. The topological polar surface area (TPSA) is 35.5 Å². The summed E-state index contributed by atoms with van der Waals surface area (Å²) in [6.45, 7) is 0.606. The number of methoxy groups -OCH3 is 1. The molecule has 0 aliphatic heterocycles. The van der Waals surface area contributed by atoms with Gasteiger partial charge in [0.05, 0.1) is 6.61 Å². The number of hydrogen-bond donors (Lipinski definition) is 0. The fraction of sp³-hybridized carbons (Fsp3) is 0.857. The summed E-state index contributed by atoms with van der Waals surface area (Å²) in [6.07, 6.45) is 0.254. The summed E-state index contributed by atoms with van der Waals surface area (Å²) in [5, 5.41) is 0. The molecule has 0 spiro atoms. The van der Waals surface area contributed by atoms with Gasteiger partial charge in [0, 0.05) is 20.0 Å². The largest absolute Gasteiger partial charge is 0.463 e. The number of esters is 1. The molecular weight excluding hydrogens is 238 g/mol. The Balaban J connectivity index is 3.41. The van der Waals surface area contributed by atoms with Gasteiger partial charge in [0.1, 0.15) is 6.61 Å². The molecule has 0 saturated heterocycles. The van der Waals surface area contributed by atoms with Gasteiger partial charge in [-0.2, -0.15) is 0 Å². The molecule has 0 aromatic rings. The van der Waals surface area contributed by atoms with Crippen molar-refractivity contribution in [2.45, 2.75) is 16.6 Å². The molecule has 0 atom stereocenters. The molecule has 6 heteroatoms. The summed E-state index contributed by atoms with van der Waals surface area (Å²) in [5.41, 5.74) is 0. The van der Waals surface area contributed by atoms with Gasteiger partial charge in [-0.05, 0) is 0 Å². The van der Waals surface area contributed by atoms with Crippen molar-refractivity contribution in [1.82, 2.24) is 0 Å². The van der Waals surface area contributed by atoms with Gasteiger partial charge in [0.25, 0.3) is 0 Å².